The van der Waals surface area contributed by atoms with Crippen molar-refractivity contribution >= 4 is 28.5 Å². The molecule has 1 aromatic heterocycles. The molecule has 30 heavy (non-hydrogen) atoms. The van der Waals surface area contributed by atoms with Crippen molar-refractivity contribution in [3.05, 3.63) is 72.5 Å². The summed E-state index contributed by atoms with van der Waals surface area (Å²) in [5.41, 5.74) is 0.497. The molecule has 2 aromatic carbocycles. The largest absolute Gasteiger partial charge is 0.488 e. The summed E-state index contributed by atoms with van der Waals surface area (Å²) in [5, 5.41) is 10.8. The topological polar surface area (TPSA) is 80.0 Å². The van der Waals surface area contributed by atoms with Crippen LogP contribution in [0.3, 0.4) is 0 Å². The average Bonchev–Trinajstić information content (AvgIpc) is 3.29. The van der Waals surface area contributed by atoms with E-state index in [4.69, 9.17) is 14.3 Å². The van der Waals surface area contributed by atoms with Crippen LogP contribution in [0.15, 0.2) is 76.9 Å². The van der Waals surface area contributed by atoms with Gasteiger partial charge in [0, 0.05) is 24.9 Å². The number of amides is 1. The first-order chi connectivity index (χ1) is 14.6. The Bertz CT molecular complexity index is 1020. The summed E-state index contributed by atoms with van der Waals surface area (Å²) in [6.45, 7) is 0.108. The fourth-order valence-corrected chi connectivity index (χ4v) is 3.16. The number of carboxylic acid groups (broad SMARTS) is 1. The molecule has 1 amide bonds. The van der Waals surface area contributed by atoms with E-state index in [1.54, 1.807) is 19.2 Å². The number of carbonyl (C=O) groups is 2. The number of hydrogen-bond acceptors (Lipinski definition) is 4. The summed E-state index contributed by atoms with van der Waals surface area (Å²) in [5.74, 6) is 0.121. The molecule has 6 heteroatoms. The number of rotatable bonds is 10. The summed E-state index contributed by atoms with van der Waals surface area (Å²) in [4.78, 5) is 25.1. The van der Waals surface area contributed by atoms with Crippen LogP contribution in [0.4, 0.5) is 5.88 Å². The number of ether oxygens (including phenoxy) is 1. The summed E-state index contributed by atoms with van der Waals surface area (Å²) >= 11 is 0. The third-order valence-corrected chi connectivity index (χ3v) is 4.78. The van der Waals surface area contributed by atoms with Crippen LogP contribution in [-0.2, 0) is 9.59 Å². The number of allylic oxidation sites excluding steroid dienone is 1. The van der Waals surface area contributed by atoms with Crippen molar-refractivity contribution in [3.8, 4) is 5.75 Å². The molecule has 1 heterocycles. The van der Waals surface area contributed by atoms with Gasteiger partial charge in [-0.05, 0) is 36.8 Å². The first-order valence-electron chi connectivity index (χ1n) is 9.89. The zero-order valence-electron chi connectivity index (χ0n) is 16.9. The van der Waals surface area contributed by atoms with E-state index in [1.165, 1.54) is 11.2 Å². The molecule has 1 N–H and O–H groups in total. The van der Waals surface area contributed by atoms with Gasteiger partial charge in [0.15, 0.2) is 0 Å². The first-order valence-corrected chi connectivity index (χ1v) is 9.89. The molecule has 0 spiro atoms. The Kier molecular flexibility index (Phi) is 7.27. The number of fused-ring (bicyclic) bond motifs is 1. The van der Waals surface area contributed by atoms with Crippen LogP contribution in [0.2, 0.25) is 0 Å². The summed E-state index contributed by atoms with van der Waals surface area (Å²) in [7, 11) is 1.65. The number of benzene rings is 2. The highest BCUT2D eigenvalue weighted by Gasteiger charge is 2.19. The van der Waals surface area contributed by atoms with E-state index in [0.717, 1.165) is 10.8 Å². The van der Waals surface area contributed by atoms with Gasteiger partial charge in [0.1, 0.15) is 12.4 Å². The van der Waals surface area contributed by atoms with Crippen LogP contribution in [-0.4, -0.2) is 30.6 Å². The number of carbonyl (C=O) groups excluding carboxylic acids is 1. The van der Waals surface area contributed by atoms with Gasteiger partial charge in [-0.1, -0.05) is 42.5 Å². The second-order valence-electron chi connectivity index (χ2n) is 6.95. The molecule has 0 bridgehead atoms. The maximum absolute atomic E-state index is 13.0. The Morgan fingerprint density at radius 2 is 1.87 bits per heavy atom. The molecule has 0 aliphatic rings. The van der Waals surface area contributed by atoms with E-state index in [0.29, 0.717) is 36.5 Å². The summed E-state index contributed by atoms with van der Waals surface area (Å²) < 4.78 is 11.4. The molecule has 0 aliphatic heterocycles. The minimum Gasteiger partial charge on any atom is -0.488 e. The van der Waals surface area contributed by atoms with Crippen LogP contribution >= 0.6 is 0 Å². The molecule has 0 saturated heterocycles. The standard InChI is InChI=1S/C24H25NO5/c1-25(22-14-8-16-29-22)24(28)19(10-3-2-4-15-23(26)27)17-30-21-13-7-11-18-9-5-6-12-20(18)21/h5-14,16H,2-4,15,17H2,1H3,(H,26,27)/b19-10+. The number of unbranched alkanes of at least 4 members (excludes halogenated alkanes) is 2. The van der Waals surface area contributed by atoms with Crippen molar-refractivity contribution in [1.82, 2.24) is 0 Å². The molecule has 0 fully saturated rings. The Morgan fingerprint density at radius 1 is 1.07 bits per heavy atom. The van der Waals surface area contributed by atoms with Crippen molar-refractivity contribution in [1.29, 1.82) is 0 Å². The number of likely N-dealkylation sites (N-methyl/N-ethyl adjacent to an activating group) is 1. The first kappa shape index (κ1) is 21.2. The molecule has 156 valence electrons. The summed E-state index contributed by atoms with van der Waals surface area (Å²) in [6.07, 6.45) is 5.30. The van der Waals surface area contributed by atoms with Crippen LogP contribution in [0.1, 0.15) is 25.7 Å². The Balaban J connectivity index is 1.74. The highest BCUT2D eigenvalue weighted by Crippen LogP contribution is 2.26. The van der Waals surface area contributed by atoms with Crippen LogP contribution in [0.25, 0.3) is 10.8 Å². The van der Waals surface area contributed by atoms with E-state index in [1.807, 2.05) is 48.5 Å². The molecular formula is C24H25NO5. The van der Waals surface area contributed by atoms with Crippen molar-refractivity contribution < 1.29 is 23.8 Å². The molecule has 3 rings (SSSR count). The minimum absolute atomic E-state index is 0.108. The number of carboxylic acids is 1. The van der Waals surface area contributed by atoms with E-state index in [2.05, 4.69) is 0 Å². The van der Waals surface area contributed by atoms with Gasteiger partial charge in [0.25, 0.3) is 5.91 Å². The molecule has 3 aromatic rings. The normalized spacial score (nSPS) is 11.4. The van der Waals surface area contributed by atoms with Gasteiger partial charge in [-0.25, -0.2) is 0 Å². The molecule has 0 aliphatic carbocycles. The van der Waals surface area contributed by atoms with E-state index in [-0.39, 0.29) is 18.9 Å². The van der Waals surface area contributed by atoms with Gasteiger partial charge < -0.3 is 14.3 Å². The number of nitrogens with zero attached hydrogens (tertiary/aromatic N) is 1. The SMILES string of the molecule is CN(C(=O)/C(=C/CCCCC(=O)O)COc1cccc2ccccc12)c1ccco1. The summed E-state index contributed by atoms with van der Waals surface area (Å²) in [6, 6.07) is 17.2. The van der Waals surface area contributed by atoms with E-state index in [9.17, 15) is 9.59 Å². The van der Waals surface area contributed by atoms with Crippen molar-refractivity contribution in [3.63, 3.8) is 0 Å². The third-order valence-electron chi connectivity index (χ3n) is 4.78. The smallest absolute Gasteiger partial charge is 0.303 e. The van der Waals surface area contributed by atoms with E-state index >= 15 is 0 Å². The third kappa shape index (κ3) is 5.50. The molecule has 0 radical (unpaired) electrons. The number of anilines is 1. The van der Waals surface area contributed by atoms with Gasteiger partial charge >= 0.3 is 5.97 Å². The fourth-order valence-electron chi connectivity index (χ4n) is 3.16. The van der Waals surface area contributed by atoms with Crippen molar-refractivity contribution in [2.24, 2.45) is 0 Å². The number of furan rings is 1. The maximum atomic E-state index is 13.0. The average molecular weight is 407 g/mol. The molecule has 6 nitrogen and oxygen atoms in total. The fraction of sp³-hybridized carbons (Fsp3) is 0.250. The molecule has 0 saturated carbocycles. The van der Waals surface area contributed by atoms with Gasteiger partial charge in [-0.15, -0.1) is 0 Å². The lowest BCUT2D eigenvalue weighted by Crippen LogP contribution is -2.29. The Labute approximate surface area is 175 Å². The second kappa shape index (κ2) is 10.3. The lowest BCUT2D eigenvalue weighted by Gasteiger charge is -2.17. The van der Waals surface area contributed by atoms with Gasteiger partial charge in [0.05, 0.1) is 11.8 Å². The lowest BCUT2D eigenvalue weighted by atomic mass is 10.1. The van der Waals surface area contributed by atoms with Crippen molar-refractivity contribution in [2.45, 2.75) is 25.7 Å². The van der Waals surface area contributed by atoms with Crippen LogP contribution in [0, 0.1) is 0 Å². The predicted octanol–water partition coefficient (Wildman–Crippen LogP) is 5.05. The molecule has 0 unspecified atom stereocenters. The highest BCUT2D eigenvalue weighted by atomic mass is 16.5. The lowest BCUT2D eigenvalue weighted by molar-refractivity contribution is -0.137. The van der Waals surface area contributed by atoms with Gasteiger partial charge in [-0.2, -0.15) is 0 Å². The molecule has 0 atom stereocenters. The maximum Gasteiger partial charge on any atom is 0.303 e. The monoisotopic (exact) mass is 407 g/mol. The zero-order valence-corrected chi connectivity index (χ0v) is 16.9. The van der Waals surface area contributed by atoms with Gasteiger partial charge in [-0.3, -0.25) is 14.5 Å². The number of aliphatic carboxylic acids is 1. The van der Waals surface area contributed by atoms with Crippen LogP contribution < -0.4 is 9.64 Å². The zero-order chi connectivity index (χ0) is 21.3. The quantitative estimate of drug-likeness (QED) is 0.376. The predicted molar refractivity (Wildman–Crippen MR) is 116 cm³/mol. The minimum atomic E-state index is -0.813. The van der Waals surface area contributed by atoms with Gasteiger partial charge in [0.2, 0.25) is 5.88 Å². The van der Waals surface area contributed by atoms with Crippen LogP contribution in [0.5, 0.6) is 5.75 Å². The molecular weight excluding hydrogens is 382 g/mol. The highest BCUT2D eigenvalue weighted by molar-refractivity contribution is 6.04. The van der Waals surface area contributed by atoms with Crippen molar-refractivity contribution in [2.75, 3.05) is 18.6 Å². The Morgan fingerprint density at radius 3 is 2.63 bits per heavy atom. The van der Waals surface area contributed by atoms with E-state index < -0.39 is 5.97 Å². The number of hydrogen-bond donors (Lipinski definition) is 1. The Hall–Kier alpha value is -3.54. The second-order valence-corrected chi connectivity index (χ2v) is 6.95.